The number of sulfonamides is 1. The van der Waals surface area contributed by atoms with Crippen molar-refractivity contribution in [2.45, 2.75) is 18.2 Å². The molecular weight excluding hydrogens is 448 g/mol. The molecule has 0 aliphatic rings. The summed E-state index contributed by atoms with van der Waals surface area (Å²) in [5.74, 6) is 0.140. The van der Waals surface area contributed by atoms with Crippen molar-refractivity contribution in [2.75, 3.05) is 18.5 Å². The van der Waals surface area contributed by atoms with Crippen molar-refractivity contribution >= 4 is 44.0 Å². The molecule has 0 bridgehead atoms. The highest BCUT2D eigenvalue weighted by atomic mass is 35.5. The zero-order chi connectivity index (χ0) is 21.6. The molecule has 0 saturated carbocycles. The predicted octanol–water partition coefficient (Wildman–Crippen LogP) is 3.04. The molecule has 8 nitrogen and oxygen atoms in total. The first kappa shape index (κ1) is 22.2. The van der Waals surface area contributed by atoms with Gasteiger partial charge in [0.25, 0.3) is 5.91 Å². The molecule has 1 heterocycles. The van der Waals surface area contributed by atoms with Crippen LogP contribution in [-0.4, -0.2) is 37.7 Å². The summed E-state index contributed by atoms with van der Waals surface area (Å²) in [5, 5.41) is 11.9. The van der Waals surface area contributed by atoms with E-state index in [4.69, 9.17) is 16.3 Å². The lowest BCUT2D eigenvalue weighted by Gasteiger charge is -2.06. The van der Waals surface area contributed by atoms with Crippen molar-refractivity contribution in [3.63, 3.8) is 0 Å². The van der Waals surface area contributed by atoms with Crippen LogP contribution in [0.3, 0.4) is 0 Å². The average molecular weight is 467 g/mol. The predicted molar refractivity (Wildman–Crippen MR) is 116 cm³/mol. The molecule has 2 aromatic carbocycles. The van der Waals surface area contributed by atoms with E-state index in [2.05, 4.69) is 20.2 Å². The highest BCUT2D eigenvalue weighted by Crippen LogP contribution is 2.17. The number of aromatic nitrogens is 2. The Kier molecular flexibility index (Phi) is 7.38. The van der Waals surface area contributed by atoms with Gasteiger partial charge in [-0.1, -0.05) is 40.6 Å². The minimum absolute atomic E-state index is 0.165. The Hall–Kier alpha value is -2.53. The molecule has 158 valence electrons. The number of carbonyl (C=O) groups is 1. The Morgan fingerprint density at radius 3 is 2.50 bits per heavy atom. The Bertz CT molecular complexity index is 1100. The van der Waals surface area contributed by atoms with Crippen LogP contribution in [0.5, 0.6) is 5.75 Å². The van der Waals surface area contributed by atoms with Crippen molar-refractivity contribution in [1.29, 1.82) is 0 Å². The molecule has 0 aliphatic carbocycles. The molecule has 0 spiro atoms. The highest BCUT2D eigenvalue weighted by Gasteiger charge is 2.14. The summed E-state index contributed by atoms with van der Waals surface area (Å²) < 4.78 is 32.4. The minimum atomic E-state index is -3.58. The van der Waals surface area contributed by atoms with Crippen molar-refractivity contribution in [1.82, 2.24) is 14.9 Å². The van der Waals surface area contributed by atoms with E-state index in [-0.39, 0.29) is 24.0 Å². The minimum Gasteiger partial charge on any atom is -0.484 e. The fourth-order valence-electron chi connectivity index (χ4n) is 2.33. The van der Waals surface area contributed by atoms with Crippen LogP contribution >= 0.6 is 22.9 Å². The third-order valence-corrected chi connectivity index (χ3v) is 6.49. The molecule has 2 N–H and O–H groups in total. The number of rotatable bonds is 9. The number of benzene rings is 2. The van der Waals surface area contributed by atoms with E-state index >= 15 is 0 Å². The molecule has 1 aromatic heterocycles. The third-order valence-electron chi connectivity index (χ3n) is 3.86. The molecule has 0 aliphatic heterocycles. The van der Waals surface area contributed by atoms with E-state index in [1.54, 1.807) is 48.5 Å². The van der Waals surface area contributed by atoms with Crippen LogP contribution in [-0.2, 0) is 21.2 Å². The number of anilines is 1. The molecule has 0 atom stereocenters. The van der Waals surface area contributed by atoms with E-state index in [1.165, 1.54) is 11.3 Å². The molecule has 1 amide bonds. The van der Waals surface area contributed by atoms with Gasteiger partial charge < -0.3 is 4.74 Å². The Balaban J connectivity index is 1.44. The second-order valence-corrected chi connectivity index (χ2v) is 9.52. The van der Waals surface area contributed by atoms with Gasteiger partial charge in [0.1, 0.15) is 10.8 Å². The second-order valence-electron chi connectivity index (χ2n) is 6.25. The van der Waals surface area contributed by atoms with Crippen molar-refractivity contribution in [3.8, 4) is 5.75 Å². The molecule has 3 rings (SSSR count). The molecule has 0 radical (unpaired) electrons. The van der Waals surface area contributed by atoms with E-state index < -0.39 is 10.0 Å². The summed E-state index contributed by atoms with van der Waals surface area (Å²) in [6, 6.07) is 13.3. The van der Waals surface area contributed by atoms with Crippen LogP contribution in [0.15, 0.2) is 53.4 Å². The van der Waals surface area contributed by atoms with Gasteiger partial charge in [-0.3, -0.25) is 10.1 Å². The largest absolute Gasteiger partial charge is 0.484 e. The van der Waals surface area contributed by atoms with Gasteiger partial charge in [-0.15, -0.1) is 10.2 Å². The highest BCUT2D eigenvalue weighted by molar-refractivity contribution is 7.89. The van der Waals surface area contributed by atoms with E-state index in [0.717, 1.165) is 5.56 Å². The molecule has 3 aromatic rings. The molecule has 30 heavy (non-hydrogen) atoms. The Morgan fingerprint density at radius 2 is 1.80 bits per heavy atom. The molecule has 0 unspecified atom stereocenters. The second kappa shape index (κ2) is 9.98. The van der Waals surface area contributed by atoms with Crippen LogP contribution in [0.1, 0.15) is 10.6 Å². The maximum absolute atomic E-state index is 12.3. The molecule has 11 heteroatoms. The van der Waals surface area contributed by atoms with Crippen LogP contribution in [0, 0.1) is 6.92 Å². The third kappa shape index (κ3) is 6.49. The van der Waals surface area contributed by atoms with Gasteiger partial charge in [0, 0.05) is 18.0 Å². The van der Waals surface area contributed by atoms with E-state index in [9.17, 15) is 13.2 Å². The van der Waals surface area contributed by atoms with Crippen molar-refractivity contribution in [3.05, 3.63) is 64.1 Å². The number of hydrogen-bond acceptors (Lipinski definition) is 7. The van der Waals surface area contributed by atoms with Crippen molar-refractivity contribution in [2.24, 2.45) is 0 Å². The number of ether oxygens (including phenoxy) is 1. The van der Waals surface area contributed by atoms with Gasteiger partial charge in [-0.25, -0.2) is 13.1 Å². The summed E-state index contributed by atoms with van der Waals surface area (Å²) in [6.07, 6.45) is 0.347. The summed E-state index contributed by atoms with van der Waals surface area (Å²) >= 11 is 6.97. The smallest absolute Gasteiger partial charge is 0.264 e. The summed E-state index contributed by atoms with van der Waals surface area (Å²) in [7, 11) is -3.58. The number of amides is 1. The van der Waals surface area contributed by atoms with E-state index in [0.29, 0.717) is 27.3 Å². The number of aryl methyl sites for hydroxylation is 1. The maximum atomic E-state index is 12.3. The Labute approximate surface area is 183 Å². The zero-order valence-corrected chi connectivity index (χ0v) is 18.4. The lowest BCUT2D eigenvalue weighted by molar-refractivity contribution is -0.118. The number of hydrogen-bond donors (Lipinski definition) is 2. The standard InChI is InChI=1S/C19H19ClN4O4S2/c1-13-2-8-16(9-3-13)30(26,27)21-11-10-18-23-24-19(29-18)22-17(25)12-28-15-6-4-14(20)5-7-15/h2-9,21H,10-12H2,1H3,(H,22,24,25). The first-order valence-electron chi connectivity index (χ1n) is 8.89. The maximum Gasteiger partial charge on any atom is 0.264 e. The zero-order valence-electron chi connectivity index (χ0n) is 16.0. The van der Waals surface area contributed by atoms with Crippen LogP contribution in [0.4, 0.5) is 5.13 Å². The van der Waals surface area contributed by atoms with Crippen LogP contribution in [0.2, 0.25) is 5.02 Å². The number of carbonyl (C=O) groups excluding carboxylic acids is 1. The molecule has 0 saturated heterocycles. The Morgan fingerprint density at radius 1 is 1.10 bits per heavy atom. The van der Waals surface area contributed by atoms with E-state index in [1.807, 2.05) is 6.92 Å². The van der Waals surface area contributed by atoms with Gasteiger partial charge in [0.05, 0.1) is 4.90 Å². The topological polar surface area (TPSA) is 110 Å². The number of halogens is 1. The lowest BCUT2D eigenvalue weighted by atomic mass is 10.2. The van der Waals surface area contributed by atoms with Gasteiger partial charge in [-0.05, 0) is 43.3 Å². The number of nitrogens with zero attached hydrogens (tertiary/aromatic N) is 2. The van der Waals surface area contributed by atoms with Crippen LogP contribution < -0.4 is 14.8 Å². The van der Waals surface area contributed by atoms with Crippen molar-refractivity contribution < 1.29 is 17.9 Å². The fourth-order valence-corrected chi connectivity index (χ4v) is 4.25. The van der Waals surface area contributed by atoms with Crippen LogP contribution in [0.25, 0.3) is 0 Å². The summed E-state index contributed by atoms with van der Waals surface area (Å²) in [4.78, 5) is 12.2. The van der Waals surface area contributed by atoms with Gasteiger partial charge in [0.2, 0.25) is 15.2 Å². The monoisotopic (exact) mass is 466 g/mol. The average Bonchev–Trinajstić information content (AvgIpc) is 3.15. The first-order chi connectivity index (χ1) is 14.3. The normalized spacial score (nSPS) is 11.3. The first-order valence-corrected chi connectivity index (χ1v) is 11.6. The molecular formula is C19H19ClN4O4S2. The van der Waals surface area contributed by atoms with Gasteiger partial charge in [0.15, 0.2) is 6.61 Å². The number of nitrogens with one attached hydrogen (secondary N) is 2. The lowest BCUT2D eigenvalue weighted by Crippen LogP contribution is -2.25. The quantitative estimate of drug-likeness (QED) is 0.501. The summed E-state index contributed by atoms with van der Waals surface area (Å²) in [6.45, 7) is 1.87. The SMILES string of the molecule is Cc1ccc(S(=O)(=O)NCCc2nnc(NC(=O)COc3ccc(Cl)cc3)s2)cc1. The molecule has 0 fully saturated rings. The van der Waals surface area contributed by atoms with Gasteiger partial charge in [-0.2, -0.15) is 0 Å². The fraction of sp³-hybridized carbons (Fsp3) is 0.211. The van der Waals surface area contributed by atoms with Gasteiger partial charge >= 0.3 is 0 Å². The summed E-state index contributed by atoms with van der Waals surface area (Å²) in [5.41, 5.74) is 0.982.